The first-order valence-electron chi connectivity index (χ1n) is 7.87. The lowest BCUT2D eigenvalue weighted by atomic mass is 9.96. The van der Waals surface area contributed by atoms with Crippen LogP contribution in [0.25, 0.3) is 0 Å². The second-order valence-electron chi connectivity index (χ2n) is 6.25. The molecule has 0 radical (unpaired) electrons. The van der Waals surface area contributed by atoms with E-state index in [1.165, 1.54) is 0 Å². The summed E-state index contributed by atoms with van der Waals surface area (Å²) in [6.45, 7) is 4.33. The molecule has 0 aromatic carbocycles. The molecule has 6 nitrogen and oxygen atoms in total. The summed E-state index contributed by atoms with van der Waals surface area (Å²) in [7, 11) is 0. The highest BCUT2D eigenvalue weighted by Crippen LogP contribution is 2.32. The summed E-state index contributed by atoms with van der Waals surface area (Å²) in [5.74, 6) is 2.03. The van der Waals surface area contributed by atoms with Crippen LogP contribution in [0.15, 0.2) is 0 Å². The molecule has 1 aromatic rings. The standard InChI is InChI=1S/C15H22ClN5O/c1-9-12(16)13(20-15(17)19-9)18-8-10-4-6-21(7-5-10)14(22)11-2-3-11/h10-11H,2-8H2,1H3,(H3,17,18,19,20). The number of nitrogen functional groups attached to an aromatic ring is 1. The molecule has 1 saturated heterocycles. The molecule has 1 aliphatic carbocycles. The van der Waals surface area contributed by atoms with Crippen LogP contribution in [0.2, 0.25) is 5.02 Å². The third-order valence-corrected chi connectivity index (χ3v) is 4.90. The molecule has 2 aliphatic rings. The monoisotopic (exact) mass is 323 g/mol. The highest BCUT2D eigenvalue weighted by Gasteiger charge is 2.34. The van der Waals surface area contributed by atoms with Gasteiger partial charge in [0, 0.05) is 25.6 Å². The van der Waals surface area contributed by atoms with Gasteiger partial charge in [0.05, 0.1) is 5.69 Å². The number of hydrogen-bond acceptors (Lipinski definition) is 5. The van der Waals surface area contributed by atoms with Crippen molar-refractivity contribution in [3.8, 4) is 0 Å². The number of aryl methyl sites for hydroxylation is 1. The SMILES string of the molecule is Cc1nc(N)nc(NCC2CCN(C(=O)C3CC3)CC2)c1Cl. The van der Waals surface area contributed by atoms with E-state index in [0.29, 0.717) is 34.3 Å². The van der Waals surface area contributed by atoms with Gasteiger partial charge in [-0.25, -0.2) is 4.98 Å². The molecule has 0 unspecified atom stereocenters. The van der Waals surface area contributed by atoms with Crippen LogP contribution in [0.4, 0.5) is 11.8 Å². The molecule has 7 heteroatoms. The van der Waals surface area contributed by atoms with Crippen LogP contribution < -0.4 is 11.1 Å². The van der Waals surface area contributed by atoms with Gasteiger partial charge in [-0.15, -0.1) is 0 Å². The van der Waals surface area contributed by atoms with Crippen molar-refractivity contribution in [3.05, 3.63) is 10.7 Å². The minimum Gasteiger partial charge on any atom is -0.368 e. The van der Waals surface area contributed by atoms with E-state index in [1.54, 1.807) is 0 Å². The lowest BCUT2D eigenvalue weighted by molar-refractivity contribution is -0.133. The van der Waals surface area contributed by atoms with Gasteiger partial charge in [0.25, 0.3) is 0 Å². The van der Waals surface area contributed by atoms with Crippen LogP contribution >= 0.6 is 11.6 Å². The number of nitrogens with two attached hydrogens (primary N) is 1. The average molecular weight is 324 g/mol. The Morgan fingerprint density at radius 1 is 1.32 bits per heavy atom. The number of hydrogen-bond donors (Lipinski definition) is 2. The van der Waals surface area contributed by atoms with E-state index in [0.717, 1.165) is 45.3 Å². The number of nitrogens with zero attached hydrogens (tertiary/aromatic N) is 3. The number of carbonyl (C=O) groups excluding carboxylic acids is 1. The Hall–Kier alpha value is -1.56. The van der Waals surface area contributed by atoms with Gasteiger partial charge in [0.1, 0.15) is 5.02 Å². The Labute approximate surface area is 135 Å². The molecule has 0 atom stereocenters. The lowest BCUT2D eigenvalue weighted by Gasteiger charge is -2.32. The largest absolute Gasteiger partial charge is 0.368 e. The van der Waals surface area contributed by atoms with Crippen LogP contribution in [0, 0.1) is 18.8 Å². The van der Waals surface area contributed by atoms with Gasteiger partial charge in [-0.3, -0.25) is 4.79 Å². The maximum atomic E-state index is 12.0. The topological polar surface area (TPSA) is 84.1 Å². The predicted molar refractivity (Wildman–Crippen MR) is 86.7 cm³/mol. The first-order chi connectivity index (χ1) is 10.5. The fourth-order valence-electron chi connectivity index (χ4n) is 2.88. The molecule has 1 amide bonds. The number of likely N-dealkylation sites (tertiary alicyclic amines) is 1. The molecule has 2 fully saturated rings. The van der Waals surface area contributed by atoms with Gasteiger partial charge in [-0.1, -0.05) is 11.6 Å². The number of anilines is 2. The van der Waals surface area contributed by atoms with Crippen LogP contribution in [-0.4, -0.2) is 40.4 Å². The number of nitrogens with one attached hydrogen (secondary N) is 1. The van der Waals surface area contributed by atoms with Gasteiger partial charge in [-0.05, 0) is 38.5 Å². The van der Waals surface area contributed by atoms with Crippen molar-refractivity contribution in [1.82, 2.24) is 14.9 Å². The minimum absolute atomic E-state index is 0.231. The van der Waals surface area contributed by atoms with E-state index in [-0.39, 0.29) is 5.95 Å². The maximum Gasteiger partial charge on any atom is 0.225 e. The molecule has 0 spiro atoms. The molecular formula is C15H22ClN5O. The summed E-state index contributed by atoms with van der Waals surface area (Å²) in [6, 6.07) is 0. The number of amides is 1. The van der Waals surface area contributed by atoms with Gasteiger partial charge >= 0.3 is 0 Å². The molecule has 120 valence electrons. The van der Waals surface area contributed by atoms with Crippen molar-refractivity contribution in [2.75, 3.05) is 30.7 Å². The normalized spacial score (nSPS) is 19.3. The van der Waals surface area contributed by atoms with E-state index in [1.807, 2.05) is 11.8 Å². The zero-order valence-electron chi connectivity index (χ0n) is 12.8. The smallest absolute Gasteiger partial charge is 0.225 e. The van der Waals surface area contributed by atoms with E-state index in [4.69, 9.17) is 17.3 Å². The van der Waals surface area contributed by atoms with Crippen LogP contribution in [0.3, 0.4) is 0 Å². The molecule has 3 rings (SSSR count). The summed E-state index contributed by atoms with van der Waals surface area (Å²) in [5.41, 5.74) is 6.34. The fraction of sp³-hybridized carbons (Fsp3) is 0.667. The van der Waals surface area contributed by atoms with Gasteiger partial charge < -0.3 is 16.0 Å². The summed E-state index contributed by atoms with van der Waals surface area (Å²) < 4.78 is 0. The van der Waals surface area contributed by atoms with E-state index >= 15 is 0 Å². The van der Waals surface area contributed by atoms with Crippen LogP contribution in [0.5, 0.6) is 0 Å². The zero-order chi connectivity index (χ0) is 15.7. The first kappa shape index (κ1) is 15.3. The molecular weight excluding hydrogens is 302 g/mol. The second kappa shape index (κ2) is 6.28. The first-order valence-corrected chi connectivity index (χ1v) is 8.24. The average Bonchev–Trinajstić information content (AvgIpc) is 3.34. The minimum atomic E-state index is 0.231. The summed E-state index contributed by atoms with van der Waals surface area (Å²) >= 11 is 6.19. The van der Waals surface area contributed by atoms with Crippen molar-refractivity contribution in [2.24, 2.45) is 11.8 Å². The molecule has 1 aromatic heterocycles. The van der Waals surface area contributed by atoms with Crippen molar-refractivity contribution in [3.63, 3.8) is 0 Å². The summed E-state index contributed by atoms with van der Waals surface area (Å²) in [4.78, 5) is 22.2. The second-order valence-corrected chi connectivity index (χ2v) is 6.63. The molecule has 1 saturated carbocycles. The number of halogens is 1. The molecule has 22 heavy (non-hydrogen) atoms. The number of carbonyl (C=O) groups is 1. The molecule has 0 bridgehead atoms. The Morgan fingerprint density at radius 3 is 2.64 bits per heavy atom. The van der Waals surface area contributed by atoms with E-state index < -0.39 is 0 Å². The van der Waals surface area contributed by atoms with Crippen LogP contribution in [-0.2, 0) is 4.79 Å². The van der Waals surface area contributed by atoms with Crippen molar-refractivity contribution < 1.29 is 4.79 Å². The quantitative estimate of drug-likeness (QED) is 0.886. The third kappa shape index (κ3) is 3.43. The Bertz CT molecular complexity index is 567. The fourth-order valence-corrected chi connectivity index (χ4v) is 3.04. The van der Waals surface area contributed by atoms with Gasteiger partial charge in [0.15, 0.2) is 5.82 Å². The predicted octanol–water partition coefficient (Wildman–Crippen LogP) is 2.08. The molecule has 1 aliphatic heterocycles. The zero-order valence-corrected chi connectivity index (χ0v) is 13.6. The maximum absolute atomic E-state index is 12.0. The Morgan fingerprint density at radius 2 is 2.00 bits per heavy atom. The molecule has 3 N–H and O–H groups in total. The van der Waals surface area contributed by atoms with Crippen LogP contribution in [0.1, 0.15) is 31.4 Å². The Balaban J connectivity index is 1.50. The van der Waals surface area contributed by atoms with Gasteiger partial charge in [0.2, 0.25) is 11.9 Å². The highest BCUT2D eigenvalue weighted by molar-refractivity contribution is 6.33. The van der Waals surface area contributed by atoms with E-state index in [9.17, 15) is 4.79 Å². The van der Waals surface area contributed by atoms with E-state index in [2.05, 4.69) is 15.3 Å². The number of piperidine rings is 1. The van der Waals surface area contributed by atoms with Crippen molar-refractivity contribution >= 4 is 29.3 Å². The summed E-state index contributed by atoms with van der Waals surface area (Å²) in [5, 5.41) is 3.80. The highest BCUT2D eigenvalue weighted by atomic mass is 35.5. The number of rotatable bonds is 4. The Kier molecular flexibility index (Phi) is 4.38. The van der Waals surface area contributed by atoms with Crippen molar-refractivity contribution in [1.29, 1.82) is 0 Å². The molecule has 2 heterocycles. The third-order valence-electron chi connectivity index (χ3n) is 4.45. The number of aromatic nitrogens is 2. The lowest BCUT2D eigenvalue weighted by Crippen LogP contribution is -2.40. The van der Waals surface area contributed by atoms with Gasteiger partial charge in [-0.2, -0.15) is 4.98 Å². The summed E-state index contributed by atoms with van der Waals surface area (Å²) in [6.07, 6.45) is 4.19. The van der Waals surface area contributed by atoms with Crippen molar-refractivity contribution in [2.45, 2.75) is 32.6 Å².